The molecule has 2 aromatic rings. The SMILES string of the molecule is Cc1ccc(F)c(C(O)c2csnn2)c1. The predicted molar refractivity (Wildman–Crippen MR) is 55.1 cm³/mol. The molecular weight excluding hydrogens is 215 g/mol. The number of rotatable bonds is 2. The van der Waals surface area contributed by atoms with Crippen molar-refractivity contribution in [3.8, 4) is 0 Å². The van der Waals surface area contributed by atoms with E-state index in [0.29, 0.717) is 5.69 Å². The molecule has 0 radical (unpaired) electrons. The molecule has 5 heteroatoms. The molecule has 0 fully saturated rings. The molecule has 1 heterocycles. The van der Waals surface area contributed by atoms with Gasteiger partial charge in [0.15, 0.2) is 0 Å². The highest BCUT2D eigenvalue weighted by Crippen LogP contribution is 2.24. The Kier molecular flexibility index (Phi) is 2.75. The minimum Gasteiger partial charge on any atom is -0.382 e. The molecule has 1 N–H and O–H groups in total. The van der Waals surface area contributed by atoms with Gasteiger partial charge in [-0.05, 0) is 24.5 Å². The van der Waals surface area contributed by atoms with E-state index in [1.54, 1.807) is 17.5 Å². The van der Waals surface area contributed by atoms with Gasteiger partial charge in [-0.15, -0.1) is 5.10 Å². The Bertz CT molecular complexity index is 458. The fourth-order valence-electron chi connectivity index (χ4n) is 1.32. The van der Waals surface area contributed by atoms with Crippen molar-refractivity contribution in [1.82, 2.24) is 9.59 Å². The van der Waals surface area contributed by atoms with Crippen LogP contribution in [-0.4, -0.2) is 14.7 Å². The monoisotopic (exact) mass is 224 g/mol. The lowest BCUT2D eigenvalue weighted by atomic mass is 10.0. The third kappa shape index (κ3) is 2.03. The number of aliphatic hydroxyl groups is 1. The van der Waals surface area contributed by atoms with E-state index in [-0.39, 0.29) is 5.56 Å². The van der Waals surface area contributed by atoms with Crippen LogP contribution in [0.2, 0.25) is 0 Å². The van der Waals surface area contributed by atoms with Crippen molar-refractivity contribution in [2.24, 2.45) is 0 Å². The molecule has 1 atom stereocenters. The van der Waals surface area contributed by atoms with Gasteiger partial charge in [0.2, 0.25) is 0 Å². The van der Waals surface area contributed by atoms with Crippen molar-refractivity contribution >= 4 is 11.5 Å². The summed E-state index contributed by atoms with van der Waals surface area (Å²) in [7, 11) is 0. The minimum absolute atomic E-state index is 0.239. The summed E-state index contributed by atoms with van der Waals surface area (Å²) in [4.78, 5) is 0. The van der Waals surface area contributed by atoms with E-state index < -0.39 is 11.9 Å². The summed E-state index contributed by atoms with van der Waals surface area (Å²) in [6, 6.07) is 4.61. The molecule has 0 saturated heterocycles. The van der Waals surface area contributed by atoms with Crippen LogP contribution in [0.3, 0.4) is 0 Å². The second-order valence-corrected chi connectivity index (χ2v) is 3.87. The summed E-state index contributed by atoms with van der Waals surface area (Å²) < 4.78 is 17.0. The lowest BCUT2D eigenvalue weighted by molar-refractivity contribution is 0.210. The summed E-state index contributed by atoms with van der Waals surface area (Å²) in [5.74, 6) is -0.430. The minimum atomic E-state index is -1.04. The second kappa shape index (κ2) is 4.04. The number of aromatic nitrogens is 2. The van der Waals surface area contributed by atoms with E-state index in [1.165, 1.54) is 6.07 Å². The Morgan fingerprint density at radius 1 is 1.47 bits per heavy atom. The number of nitrogens with zero attached hydrogens (tertiary/aromatic N) is 2. The molecule has 1 unspecified atom stereocenters. The first-order valence-corrected chi connectivity index (χ1v) is 5.23. The van der Waals surface area contributed by atoms with Crippen molar-refractivity contribution in [3.05, 3.63) is 46.2 Å². The highest BCUT2D eigenvalue weighted by Gasteiger charge is 2.17. The third-order valence-electron chi connectivity index (χ3n) is 2.10. The van der Waals surface area contributed by atoms with E-state index in [4.69, 9.17) is 0 Å². The highest BCUT2D eigenvalue weighted by atomic mass is 32.1. The number of hydrogen-bond donors (Lipinski definition) is 1. The molecule has 0 aliphatic heterocycles. The first kappa shape index (κ1) is 10.2. The normalized spacial score (nSPS) is 12.7. The zero-order valence-corrected chi connectivity index (χ0v) is 8.83. The second-order valence-electron chi connectivity index (χ2n) is 3.26. The molecule has 0 spiro atoms. The molecule has 0 aliphatic carbocycles. The molecule has 0 saturated carbocycles. The van der Waals surface area contributed by atoms with Crippen molar-refractivity contribution in [3.63, 3.8) is 0 Å². The zero-order valence-electron chi connectivity index (χ0n) is 8.01. The largest absolute Gasteiger partial charge is 0.382 e. The van der Waals surface area contributed by atoms with E-state index in [0.717, 1.165) is 17.1 Å². The summed E-state index contributed by atoms with van der Waals surface area (Å²) in [5, 5.41) is 15.2. The van der Waals surface area contributed by atoms with E-state index in [9.17, 15) is 9.50 Å². The highest BCUT2D eigenvalue weighted by molar-refractivity contribution is 7.03. The molecule has 78 valence electrons. The van der Waals surface area contributed by atoms with Crippen LogP contribution >= 0.6 is 11.5 Å². The average molecular weight is 224 g/mol. The van der Waals surface area contributed by atoms with Gasteiger partial charge in [-0.25, -0.2) is 4.39 Å². The van der Waals surface area contributed by atoms with Gasteiger partial charge in [0, 0.05) is 10.9 Å². The first-order valence-electron chi connectivity index (χ1n) is 4.39. The molecule has 1 aromatic carbocycles. The number of halogens is 1. The van der Waals surface area contributed by atoms with Gasteiger partial charge in [0.05, 0.1) is 0 Å². The lowest BCUT2D eigenvalue weighted by Crippen LogP contribution is -2.03. The smallest absolute Gasteiger partial charge is 0.129 e. The van der Waals surface area contributed by atoms with Crippen LogP contribution in [0.25, 0.3) is 0 Å². The van der Waals surface area contributed by atoms with Crippen LogP contribution in [0.1, 0.15) is 22.9 Å². The Morgan fingerprint density at radius 2 is 2.27 bits per heavy atom. The molecular formula is C10H9FN2OS. The van der Waals surface area contributed by atoms with Crippen LogP contribution in [0.15, 0.2) is 23.6 Å². The van der Waals surface area contributed by atoms with E-state index in [2.05, 4.69) is 9.59 Å². The zero-order chi connectivity index (χ0) is 10.8. The fourth-order valence-corrected chi connectivity index (χ4v) is 1.80. The number of benzene rings is 1. The van der Waals surface area contributed by atoms with E-state index >= 15 is 0 Å². The Morgan fingerprint density at radius 3 is 2.93 bits per heavy atom. The topological polar surface area (TPSA) is 46.0 Å². The van der Waals surface area contributed by atoms with Crippen LogP contribution in [0.4, 0.5) is 4.39 Å². The van der Waals surface area contributed by atoms with Gasteiger partial charge in [0.25, 0.3) is 0 Å². The van der Waals surface area contributed by atoms with E-state index in [1.807, 2.05) is 6.92 Å². The van der Waals surface area contributed by atoms with Crippen molar-refractivity contribution < 1.29 is 9.50 Å². The quantitative estimate of drug-likeness (QED) is 0.849. The van der Waals surface area contributed by atoms with Crippen LogP contribution in [-0.2, 0) is 0 Å². The fraction of sp³-hybridized carbons (Fsp3) is 0.200. The lowest BCUT2D eigenvalue weighted by Gasteiger charge is -2.09. The van der Waals surface area contributed by atoms with Crippen molar-refractivity contribution in [2.75, 3.05) is 0 Å². The Labute approximate surface area is 90.4 Å². The van der Waals surface area contributed by atoms with Crippen LogP contribution in [0.5, 0.6) is 0 Å². The van der Waals surface area contributed by atoms with Gasteiger partial charge in [-0.2, -0.15) is 0 Å². The summed E-state index contributed by atoms with van der Waals surface area (Å²) in [5.41, 5.74) is 1.51. The molecule has 15 heavy (non-hydrogen) atoms. The van der Waals surface area contributed by atoms with Gasteiger partial charge >= 0.3 is 0 Å². The molecule has 1 aromatic heterocycles. The van der Waals surface area contributed by atoms with Crippen molar-refractivity contribution in [1.29, 1.82) is 0 Å². The maximum Gasteiger partial charge on any atom is 0.129 e. The molecule has 0 aliphatic rings. The number of aliphatic hydroxyl groups excluding tert-OH is 1. The van der Waals surface area contributed by atoms with Crippen molar-refractivity contribution in [2.45, 2.75) is 13.0 Å². The summed E-state index contributed by atoms with van der Waals surface area (Å²) >= 11 is 1.13. The molecule has 0 amide bonds. The van der Waals surface area contributed by atoms with Crippen LogP contribution in [0, 0.1) is 12.7 Å². The van der Waals surface area contributed by atoms with Crippen LogP contribution < -0.4 is 0 Å². The molecule has 0 bridgehead atoms. The molecule has 3 nitrogen and oxygen atoms in total. The maximum atomic E-state index is 13.4. The summed E-state index contributed by atoms with van der Waals surface area (Å²) in [6.07, 6.45) is -1.04. The number of hydrogen-bond acceptors (Lipinski definition) is 4. The number of aryl methyl sites for hydroxylation is 1. The van der Waals surface area contributed by atoms with Gasteiger partial charge in [-0.1, -0.05) is 22.2 Å². The predicted octanol–water partition coefficient (Wildman–Crippen LogP) is 2.07. The van der Waals surface area contributed by atoms with Gasteiger partial charge < -0.3 is 5.11 Å². The maximum absolute atomic E-state index is 13.4. The molecule has 2 rings (SSSR count). The standard InChI is InChI=1S/C10H9FN2OS/c1-6-2-3-8(11)7(4-6)10(14)9-5-15-13-12-9/h2-5,10,14H,1H3. The van der Waals surface area contributed by atoms with Gasteiger partial charge in [0.1, 0.15) is 17.6 Å². The third-order valence-corrected chi connectivity index (χ3v) is 2.63. The van der Waals surface area contributed by atoms with Gasteiger partial charge in [-0.3, -0.25) is 0 Å². The Balaban J connectivity index is 2.41. The first-order chi connectivity index (χ1) is 7.18. The Hall–Kier alpha value is -1.33. The average Bonchev–Trinajstić information content (AvgIpc) is 2.74. The summed E-state index contributed by atoms with van der Waals surface area (Å²) in [6.45, 7) is 1.84.